The number of aryl methyl sites for hydroxylation is 1. The van der Waals surface area contributed by atoms with Crippen molar-refractivity contribution >= 4 is 10.9 Å². The van der Waals surface area contributed by atoms with Crippen molar-refractivity contribution in [1.82, 2.24) is 15.3 Å². The first-order valence-electron chi connectivity index (χ1n) is 6.78. The summed E-state index contributed by atoms with van der Waals surface area (Å²) in [5.41, 5.74) is 4.57. The summed E-state index contributed by atoms with van der Waals surface area (Å²) in [5.74, 6) is 0. The predicted octanol–water partition coefficient (Wildman–Crippen LogP) is 3.23. The van der Waals surface area contributed by atoms with Crippen LogP contribution in [0.25, 0.3) is 10.9 Å². The number of aromatic nitrogens is 2. The molecule has 0 atom stereocenters. The molecule has 3 nitrogen and oxygen atoms in total. The van der Waals surface area contributed by atoms with Crippen LogP contribution in [0.5, 0.6) is 0 Å². The predicted molar refractivity (Wildman–Crippen MR) is 81.3 cm³/mol. The molecule has 3 aromatic rings. The van der Waals surface area contributed by atoms with Crippen molar-refractivity contribution in [2.75, 3.05) is 0 Å². The maximum Gasteiger partial charge on any atom is 0.0705 e. The third-order valence-corrected chi connectivity index (χ3v) is 3.36. The number of para-hydroxylation sites is 1. The van der Waals surface area contributed by atoms with E-state index in [1.54, 1.807) is 0 Å². The highest BCUT2D eigenvalue weighted by Gasteiger charge is 2.01. The lowest BCUT2D eigenvalue weighted by Gasteiger charge is -2.08. The molecular formula is C17H17N3. The van der Waals surface area contributed by atoms with Gasteiger partial charge in [0.1, 0.15) is 0 Å². The van der Waals surface area contributed by atoms with Crippen LogP contribution < -0.4 is 5.32 Å². The van der Waals surface area contributed by atoms with E-state index in [-0.39, 0.29) is 0 Å². The molecule has 2 aromatic heterocycles. The molecule has 0 aliphatic rings. The molecule has 2 heterocycles. The van der Waals surface area contributed by atoms with E-state index in [4.69, 9.17) is 0 Å². The van der Waals surface area contributed by atoms with E-state index in [1.807, 2.05) is 37.5 Å². The maximum atomic E-state index is 4.38. The third kappa shape index (κ3) is 2.83. The van der Waals surface area contributed by atoms with Gasteiger partial charge in [0, 0.05) is 36.6 Å². The van der Waals surface area contributed by atoms with Crippen LogP contribution >= 0.6 is 0 Å². The van der Waals surface area contributed by atoms with E-state index in [2.05, 4.69) is 39.6 Å². The molecule has 0 unspecified atom stereocenters. The zero-order chi connectivity index (χ0) is 13.8. The van der Waals surface area contributed by atoms with E-state index in [0.717, 1.165) is 24.3 Å². The molecule has 0 bridgehead atoms. The van der Waals surface area contributed by atoms with Crippen LogP contribution in [-0.4, -0.2) is 9.97 Å². The van der Waals surface area contributed by atoms with Crippen molar-refractivity contribution in [2.24, 2.45) is 0 Å². The Balaban J connectivity index is 1.69. The number of pyridine rings is 2. The Hall–Kier alpha value is -2.26. The summed E-state index contributed by atoms with van der Waals surface area (Å²) in [6.07, 6.45) is 3.79. The summed E-state index contributed by atoms with van der Waals surface area (Å²) in [7, 11) is 0. The molecule has 0 spiro atoms. The first-order valence-corrected chi connectivity index (χ1v) is 6.78. The third-order valence-electron chi connectivity index (χ3n) is 3.36. The van der Waals surface area contributed by atoms with Gasteiger partial charge in [-0.25, -0.2) is 0 Å². The lowest BCUT2D eigenvalue weighted by Crippen LogP contribution is -2.13. The second-order valence-electron chi connectivity index (χ2n) is 4.90. The lowest BCUT2D eigenvalue weighted by atomic mass is 10.1. The highest BCUT2D eigenvalue weighted by molar-refractivity contribution is 5.81. The fourth-order valence-electron chi connectivity index (χ4n) is 2.25. The summed E-state index contributed by atoms with van der Waals surface area (Å²) >= 11 is 0. The molecule has 0 fully saturated rings. The molecule has 0 saturated carbocycles. The zero-order valence-corrected chi connectivity index (χ0v) is 11.5. The highest BCUT2D eigenvalue weighted by atomic mass is 14.9. The number of benzene rings is 1. The van der Waals surface area contributed by atoms with Crippen molar-refractivity contribution in [2.45, 2.75) is 20.0 Å². The summed E-state index contributed by atoms with van der Waals surface area (Å²) < 4.78 is 0. The Morgan fingerprint density at radius 1 is 0.950 bits per heavy atom. The molecule has 0 saturated heterocycles. The van der Waals surface area contributed by atoms with Gasteiger partial charge in [-0.15, -0.1) is 0 Å². The number of nitrogens with one attached hydrogen (secondary N) is 1. The molecule has 0 amide bonds. The van der Waals surface area contributed by atoms with Gasteiger partial charge in [-0.3, -0.25) is 9.97 Å². The number of rotatable bonds is 4. The van der Waals surface area contributed by atoms with Crippen LogP contribution in [0, 0.1) is 6.92 Å². The smallest absolute Gasteiger partial charge is 0.0705 e. The van der Waals surface area contributed by atoms with Gasteiger partial charge >= 0.3 is 0 Å². The minimum Gasteiger partial charge on any atom is -0.309 e. The Kier molecular flexibility index (Phi) is 3.70. The van der Waals surface area contributed by atoms with E-state index in [1.165, 1.54) is 16.5 Å². The van der Waals surface area contributed by atoms with Crippen molar-refractivity contribution in [1.29, 1.82) is 0 Å². The second-order valence-corrected chi connectivity index (χ2v) is 4.90. The minimum absolute atomic E-state index is 0.823. The molecule has 3 rings (SSSR count). The number of hydrogen-bond acceptors (Lipinski definition) is 3. The van der Waals surface area contributed by atoms with Crippen molar-refractivity contribution in [3.05, 3.63) is 71.7 Å². The summed E-state index contributed by atoms with van der Waals surface area (Å²) in [4.78, 5) is 8.68. The molecule has 0 radical (unpaired) electrons. The van der Waals surface area contributed by atoms with E-state index < -0.39 is 0 Å². The first kappa shape index (κ1) is 12.8. The van der Waals surface area contributed by atoms with Crippen LogP contribution in [0.15, 0.2) is 54.9 Å². The summed E-state index contributed by atoms with van der Waals surface area (Å²) in [6.45, 7) is 3.65. The number of hydrogen-bond donors (Lipinski definition) is 1. The highest BCUT2D eigenvalue weighted by Crippen LogP contribution is 2.15. The van der Waals surface area contributed by atoms with Gasteiger partial charge in [0.05, 0.1) is 5.52 Å². The summed E-state index contributed by atoms with van der Waals surface area (Å²) in [6, 6.07) is 14.5. The van der Waals surface area contributed by atoms with Gasteiger partial charge in [0.25, 0.3) is 0 Å². The maximum absolute atomic E-state index is 4.38. The molecule has 20 heavy (non-hydrogen) atoms. The molecule has 0 aliphatic heterocycles. The van der Waals surface area contributed by atoms with Crippen LogP contribution in [0.2, 0.25) is 0 Å². The molecule has 100 valence electrons. The van der Waals surface area contributed by atoms with Crippen LogP contribution in [-0.2, 0) is 13.1 Å². The quantitative estimate of drug-likeness (QED) is 0.785. The Morgan fingerprint density at radius 2 is 1.85 bits per heavy atom. The SMILES string of the molecule is Cc1ccc(CNCc2ccnc3ccccc23)cn1. The molecule has 0 aliphatic carbocycles. The largest absolute Gasteiger partial charge is 0.309 e. The van der Waals surface area contributed by atoms with Gasteiger partial charge in [-0.1, -0.05) is 24.3 Å². The van der Waals surface area contributed by atoms with Crippen molar-refractivity contribution in [3.8, 4) is 0 Å². The normalized spacial score (nSPS) is 10.8. The van der Waals surface area contributed by atoms with E-state index in [0.29, 0.717) is 0 Å². The number of nitrogens with zero attached hydrogens (tertiary/aromatic N) is 2. The Morgan fingerprint density at radius 3 is 2.70 bits per heavy atom. The molecular weight excluding hydrogens is 246 g/mol. The minimum atomic E-state index is 0.823. The van der Waals surface area contributed by atoms with Crippen LogP contribution in [0.3, 0.4) is 0 Å². The second kappa shape index (κ2) is 5.80. The van der Waals surface area contributed by atoms with Gasteiger partial charge in [-0.05, 0) is 36.2 Å². The lowest BCUT2D eigenvalue weighted by molar-refractivity contribution is 0.694. The Bertz CT molecular complexity index is 700. The number of fused-ring (bicyclic) bond motifs is 1. The molecule has 3 heteroatoms. The van der Waals surface area contributed by atoms with Crippen LogP contribution in [0.1, 0.15) is 16.8 Å². The molecule has 1 N–H and O–H groups in total. The van der Waals surface area contributed by atoms with Crippen molar-refractivity contribution in [3.63, 3.8) is 0 Å². The van der Waals surface area contributed by atoms with Crippen molar-refractivity contribution < 1.29 is 0 Å². The van der Waals surface area contributed by atoms with Gasteiger partial charge in [0.15, 0.2) is 0 Å². The van der Waals surface area contributed by atoms with Crippen LogP contribution in [0.4, 0.5) is 0 Å². The zero-order valence-electron chi connectivity index (χ0n) is 11.5. The topological polar surface area (TPSA) is 37.8 Å². The first-order chi connectivity index (χ1) is 9.83. The van der Waals surface area contributed by atoms with Gasteiger partial charge in [-0.2, -0.15) is 0 Å². The fraction of sp³-hybridized carbons (Fsp3) is 0.176. The standard InChI is InChI=1S/C17H17N3/c1-13-6-7-14(11-20-13)10-18-12-15-8-9-19-17-5-3-2-4-16(15)17/h2-9,11,18H,10,12H2,1H3. The van der Waals surface area contributed by atoms with E-state index in [9.17, 15) is 0 Å². The average molecular weight is 263 g/mol. The average Bonchev–Trinajstić information content (AvgIpc) is 2.49. The molecule has 1 aromatic carbocycles. The monoisotopic (exact) mass is 263 g/mol. The van der Waals surface area contributed by atoms with Gasteiger partial charge < -0.3 is 5.32 Å². The van der Waals surface area contributed by atoms with E-state index >= 15 is 0 Å². The summed E-state index contributed by atoms with van der Waals surface area (Å²) in [5, 5.41) is 4.67. The van der Waals surface area contributed by atoms with Gasteiger partial charge in [0.2, 0.25) is 0 Å². The Labute approximate surface area is 118 Å². The fourth-order valence-corrected chi connectivity index (χ4v) is 2.25.